The van der Waals surface area contributed by atoms with Gasteiger partial charge in [0.1, 0.15) is 5.41 Å². The molecule has 0 atom stereocenters. The number of hydrogen-bond acceptors (Lipinski definition) is 5. The van der Waals surface area contributed by atoms with E-state index in [0.29, 0.717) is 12.8 Å². The third-order valence-corrected chi connectivity index (χ3v) is 4.41. The Labute approximate surface area is 124 Å². The van der Waals surface area contributed by atoms with E-state index in [2.05, 4.69) is 10.0 Å². The van der Waals surface area contributed by atoms with Gasteiger partial charge in [-0.2, -0.15) is 0 Å². The number of carbonyl (C=O) groups is 3. The molecule has 8 nitrogen and oxygen atoms in total. The zero-order valence-electron chi connectivity index (χ0n) is 12.4. The van der Waals surface area contributed by atoms with Crippen LogP contribution in [-0.4, -0.2) is 50.5 Å². The maximum absolute atomic E-state index is 12.4. The topological polar surface area (TPSA) is 113 Å². The van der Waals surface area contributed by atoms with Crippen LogP contribution in [0, 0.1) is 5.41 Å². The third kappa shape index (κ3) is 3.79. The maximum atomic E-state index is 12.4. The molecule has 0 aliphatic carbocycles. The van der Waals surface area contributed by atoms with Crippen molar-refractivity contribution in [2.45, 2.75) is 33.1 Å². The lowest BCUT2D eigenvalue weighted by Crippen LogP contribution is -2.63. The van der Waals surface area contributed by atoms with Gasteiger partial charge in [0.25, 0.3) is 0 Å². The zero-order chi connectivity index (χ0) is 16.3. The molecule has 4 amide bonds. The number of carbonyl (C=O) groups excluding carboxylic acids is 3. The molecular weight excluding hydrogens is 298 g/mol. The molecule has 1 heterocycles. The number of barbiturate groups is 1. The van der Waals surface area contributed by atoms with Crippen LogP contribution in [0.4, 0.5) is 4.79 Å². The van der Waals surface area contributed by atoms with Crippen molar-refractivity contribution >= 4 is 27.9 Å². The molecule has 2 N–H and O–H groups in total. The van der Waals surface area contributed by atoms with Crippen LogP contribution in [0.1, 0.15) is 33.1 Å². The monoisotopic (exact) mass is 319 g/mol. The lowest BCUT2D eigenvalue weighted by molar-refractivity contribution is -0.152. The van der Waals surface area contributed by atoms with E-state index < -0.39 is 33.3 Å². The van der Waals surface area contributed by atoms with Crippen molar-refractivity contribution in [1.29, 1.82) is 0 Å². The Hall–Kier alpha value is -1.48. The fraction of sp³-hybridized carbons (Fsp3) is 0.750. The van der Waals surface area contributed by atoms with Gasteiger partial charge in [-0.15, -0.1) is 0 Å². The van der Waals surface area contributed by atoms with E-state index in [9.17, 15) is 22.8 Å². The number of nitrogens with zero attached hydrogens (tertiary/aromatic N) is 1. The molecule has 0 spiro atoms. The molecule has 0 saturated carbocycles. The van der Waals surface area contributed by atoms with Gasteiger partial charge < -0.3 is 0 Å². The van der Waals surface area contributed by atoms with Crippen LogP contribution in [-0.2, 0) is 19.6 Å². The molecule has 0 bridgehead atoms. The van der Waals surface area contributed by atoms with Crippen LogP contribution >= 0.6 is 0 Å². The quantitative estimate of drug-likeness (QED) is 0.499. The van der Waals surface area contributed by atoms with E-state index in [4.69, 9.17) is 0 Å². The van der Waals surface area contributed by atoms with Crippen molar-refractivity contribution in [1.82, 2.24) is 14.9 Å². The Morgan fingerprint density at radius 3 is 2.24 bits per heavy atom. The standard InChI is InChI=1S/C12H21N3O5S/c1-4-12(5-2)9(16)14-11(18)15(10(12)17)8-6-7-13-21(3,19)20/h13H,4-8H2,1-3H3,(H,14,16,18). The Bertz CT molecular complexity index is 539. The van der Waals surface area contributed by atoms with Gasteiger partial charge in [-0.05, 0) is 19.3 Å². The zero-order valence-corrected chi connectivity index (χ0v) is 13.2. The lowest BCUT2D eigenvalue weighted by atomic mass is 9.78. The summed E-state index contributed by atoms with van der Waals surface area (Å²) in [5.74, 6) is -1.08. The summed E-state index contributed by atoms with van der Waals surface area (Å²) in [6, 6.07) is -0.748. The first kappa shape index (κ1) is 17.6. The molecule has 9 heteroatoms. The Kier molecular flexibility index (Phi) is 5.46. The average Bonchev–Trinajstić information content (AvgIpc) is 2.37. The van der Waals surface area contributed by atoms with Gasteiger partial charge in [-0.3, -0.25) is 19.8 Å². The van der Waals surface area contributed by atoms with E-state index in [-0.39, 0.29) is 19.5 Å². The van der Waals surface area contributed by atoms with Gasteiger partial charge in [0.2, 0.25) is 21.8 Å². The largest absolute Gasteiger partial charge is 0.330 e. The van der Waals surface area contributed by atoms with Crippen LogP contribution in [0.2, 0.25) is 0 Å². The molecule has 21 heavy (non-hydrogen) atoms. The number of hydrogen-bond donors (Lipinski definition) is 2. The molecule has 1 fully saturated rings. The van der Waals surface area contributed by atoms with Crippen molar-refractivity contribution in [3.8, 4) is 0 Å². The molecule has 0 aromatic carbocycles. The highest BCUT2D eigenvalue weighted by Gasteiger charge is 2.51. The fourth-order valence-corrected chi connectivity index (χ4v) is 2.82. The van der Waals surface area contributed by atoms with Gasteiger partial charge in [-0.25, -0.2) is 17.9 Å². The fourth-order valence-electron chi connectivity index (χ4n) is 2.30. The smallest absolute Gasteiger partial charge is 0.277 e. The second kappa shape index (κ2) is 6.52. The summed E-state index contributed by atoms with van der Waals surface area (Å²) < 4.78 is 24.2. The summed E-state index contributed by atoms with van der Waals surface area (Å²) in [7, 11) is -3.30. The van der Waals surface area contributed by atoms with E-state index >= 15 is 0 Å². The van der Waals surface area contributed by atoms with Crippen LogP contribution in [0.25, 0.3) is 0 Å². The molecule has 1 rings (SSSR count). The first-order valence-corrected chi connectivity index (χ1v) is 8.69. The van der Waals surface area contributed by atoms with Gasteiger partial charge in [0.15, 0.2) is 0 Å². The average molecular weight is 319 g/mol. The van der Waals surface area contributed by atoms with Crippen molar-refractivity contribution < 1.29 is 22.8 Å². The van der Waals surface area contributed by atoms with Crippen LogP contribution in [0.5, 0.6) is 0 Å². The highest BCUT2D eigenvalue weighted by atomic mass is 32.2. The van der Waals surface area contributed by atoms with Crippen LogP contribution in [0.3, 0.4) is 0 Å². The molecule has 0 aromatic heterocycles. The molecule has 1 aliphatic rings. The van der Waals surface area contributed by atoms with Crippen LogP contribution in [0.15, 0.2) is 0 Å². The highest BCUT2D eigenvalue weighted by Crippen LogP contribution is 2.32. The Morgan fingerprint density at radius 2 is 1.76 bits per heavy atom. The minimum absolute atomic E-state index is 0.0578. The molecule has 1 saturated heterocycles. The van der Waals surface area contributed by atoms with Crippen molar-refractivity contribution in [2.24, 2.45) is 5.41 Å². The lowest BCUT2D eigenvalue weighted by Gasteiger charge is -2.38. The predicted octanol–water partition coefficient (Wildman–Crippen LogP) is -0.189. The Balaban J connectivity index is 2.75. The predicted molar refractivity (Wildman–Crippen MR) is 75.7 cm³/mol. The third-order valence-electron chi connectivity index (χ3n) is 3.68. The number of sulfonamides is 1. The van der Waals surface area contributed by atoms with Gasteiger partial charge >= 0.3 is 6.03 Å². The Morgan fingerprint density at radius 1 is 1.19 bits per heavy atom. The summed E-state index contributed by atoms with van der Waals surface area (Å²) in [5, 5.41) is 2.20. The van der Waals surface area contributed by atoms with Gasteiger partial charge in [0.05, 0.1) is 6.26 Å². The minimum Gasteiger partial charge on any atom is -0.277 e. The number of urea groups is 1. The first-order valence-electron chi connectivity index (χ1n) is 6.80. The number of amides is 4. The molecule has 120 valence electrons. The summed E-state index contributed by atoms with van der Waals surface area (Å²) in [6.45, 7) is 3.62. The first-order chi connectivity index (χ1) is 9.68. The second-order valence-corrected chi connectivity index (χ2v) is 6.86. The second-order valence-electron chi connectivity index (χ2n) is 5.03. The van der Waals surface area contributed by atoms with E-state index in [1.807, 2.05) is 0 Å². The van der Waals surface area contributed by atoms with Gasteiger partial charge in [-0.1, -0.05) is 13.8 Å². The molecule has 0 unspecified atom stereocenters. The summed E-state index contributed by atoms with van der Waals surface area (Å²) >= 11 is 0. The van der Waals surface area contributed by atoms with E-state index in [1.54, 1.807) is 13.8 Å². The van der Waals surface area contributed by atoms with E-state index in [0.717, 1.165) is 11.2 Å². The molecular formula is C12H21N3O5S. The molecule has 1 aliphatic heterocycles. The van der Waals surface area contributed by atoms with E-state index in [1.165, 1.54) is 0 Å². The number of imide groups is 2. The maximum Gasteiger partial charge on any atom is 0.330 e. The summed E-state index contributed by atoms with van der Waals surface area (Å²) in [5.41, 5.74) is -1.21. The van der Waals surface area contributed by atoms with Crippen LogP contribution < -0.4 is 10.0 Å². The summed E-state index contributed by atoms with van der Waals surface area (Å²) in [6.07, 6.45) is 1.92. The normalized spacial score (nSPS) is 18.8. The SMILES string of the molecule is CCC1(CC)C(=O)NC(=O)N(CCCNS(C)(=O)=O)C1=O. The van der Waals surface area contributed by atoms with Crippen molar-refractivity contribution in [3.05, 3.63) is 0 Å². The minimum atomic E-state index is -3.30. The molecule has 0 radical (unpaired) electrons. The number of rotatable bonds is 7. The summed E-state index contributed by atoms with van der Waals surface area (Å²) in [4.78, 5) is 37.1. The molecule has 0 aromatic rings. The van der Waals surface area contributed by atoms with Crippen molar-refractivity contribution in [3.63, 3.8) is 0 Å². The number of nitrogens with one attached hydrogen (secondary N) is 2. The highest BCUT2D eigenvalue weighted by molar-refractivity contribution is 7.88. The van der Waals surface area contributed by atoms with Gasteiger partial charge in [0, 0.05) is 13.1 Å². The van der Waals surface area contributed by atoms with Crippen molar-refractivity contribution in [2.75, 3.05) is 19.3 Å².